The van der Waals surface area contributed by atoms with Crippen molar-refractivity contribution < 1.29 is 9.52 Å². The highest BCUT2D eigenvalue weighted by Crippen LogP contribution is 2.32. The minimum Gasteiger partial charge on any atom is -0.507 e. The van der Waals surface area contributed by atoms with Crippen LogP contribution in [0, 0.1) is 27.7 Å². The van der Waals surface area contributed by atoms with Crippen LogP contribution in [0.3, 0.4) is 0 Å². The normalized spacial score (nSPS) is 10.7. The summed E-state index contributed by atoms with van der Waals surface area (Å²) in [6, 6.07) is 5.79. The lowest BCUT2D eigenvalue weighted by atomic mass is 9.97. The Hall–Kier alpha value is -2.03. The topological polar surface area (TPSA) is 50.4 Å². The van der Waals surface area contributed by atoms with Gasteiger partial charge in [0.05, 0.1) is 0 Å². The molecule has 0 aliphatic heterocycles. The Morgan fingerprint density at radius 2 is 1.78 bits per heavy atom. The van der Waals surface area contributed by atoms with Gasteiger partial charge in [0.2, 0.25) is 0 Å². The Labute approximate surface area is 106 Å². The van der Waals surface area contributed by atoms with Crippen molar-refractivity contribution in [3.8, 4) is 16.9 Å². The Morgan fingerprint density at radius 1 is 1.11 bits per heavy atom. The molecule has 0 spiro atoms. The van der Waals surface area contributed by atoms with Crippen molar-refractivity contribution in [1.29, 1.82) is 0 Å². The fourth-order valence-electron chi connectivity index (χ4n) is 1.96. The smallest absolute Gasteiger partial charge is 0.347 e. The van der Waals surface area contributed by atoms with Crippen LogP contribution >= 0.6 is 0 Å². The van der Waals surface area contributed by atoms with E-state index in [0.717, 1.165) is 16.7 Å². The predicted molar refractivity (Wildman–Crippen MR) is 71.0 cm³/mol. The molecule has 0 atom stereocenters. The van der Waals surface area contributed by atoms with Crippen molar-refractivity contribution in [2.24, 2.45) is 0 Å². The zero-order valence-corrected chi connectivity index (χ0v) is 11.0. The second kappa shape index (κ2) is 4.33. The molecule has 1 aromatic heterocycles. The number of rotatable bonds is 1. The summed E-state index contributed by atoms with van der Waals surface area (Å²) >= 11 is 0. The minimum atomic E-state index is -0.496. The minimum absolute atomic E-state index is 0.0115. The molecule has 1 heterocycles. The number of hydrogen-bond acceptors (Lipinski definition) is 3. The molecular formula is C15H16O3. The molecule has 0 amide bonds. The first-order valence-electron chi connectivity index (χ1n) is 5.82. The third-order valence-corrected chi connectivity index (χ3v) is 3.23. The third kappa shape index (κ3) is 1.92. The van der Waals surface area contributed by atoms with Gasteiger partial charge in [0, 0.05) is 5.56 Å². The van der Waals surface area contributed by atoms with Crippen LogP contribution in [0.4, 0.5) is 0 Å². The van der Waals surface area contributed by atoms with Gasteiger partial charge in [-0.3, -0.25) is 0 Å². The molecule has 0 saturated carbocycles. The molecule has 0 bridgehead atoms. The summed E-state index contributed by atoms with van der Waals surface area (Å²) in [6.45, 7) is 7.26. The second-order valence-electron chi connectivity index (χ2n) is 4.61. The Balaban J connectivity index is 2.83. The zero-order chi connectivity index (χ0) is 13.4. The number of aromatic hydroxyl groups is 1. The van der Waals surface area contributed by atoms with Crippen molar-refractivity contribution in [3.63, 3.8) is 0 Å². The molecule has 0 saturated heterocycles. The van der Waals surface area contributed by atoms with Gasteiger partial charge in [-0.05, 0) is 38.8 Å². The molecule has 1 N–H and O–H groups in total. The van der Waals surface area contributed by atoms with Gasteiger partial charge in [-0.2, -0.15) is 0 Å². The average Bonchev–Trinajstić information content (AvgIpc) is 2.31. The molecule has 1 aromatic carbocycles. The molecule has 0 radical (unpaired) electrons. The molecule has 2 rings (SSSR count). The van der Waals surface area contributed by atoms with Crippen molar-refractivity contribution in [2.45, 2.75) is 27.7 Å². The molecule has 0 fully saturated rings. The number of aryl methyl sites for hydroxylation is 3. The lowest BCUT2D eigenvalue weighted by Crippen LogP contribution is -2.07. The zero-order valence-electron chi connectivity index (χ0n) is 11.0. The Bertz CT molecular complexity index is 666. The molecule has 18 heavy (non-hydrogen) atoms. The summed E-state index contributed by atoms with van der Waals surface area (Å²) in [4.78, 5) is 12.0. The quantitative estimate of drug-likeness (QED) is 0.837. The van der Waals surface area contributed by atoms with Gasteiger partial charge < -0.3 is 9.52 Å². The first kappa shape index (κ1) is 12.4. The maximum atomic E-state index is 12.0. The maximum Gasteiger partial charge on any atom is 0.347 e. The van der Waals surface area contributed by atoms with Crippen LogP contribution in [0.25, 0.3) is 11.1 Å². The molecule has 0 aliphatic rings. The van der Waals surface area contributed by atoms with E-state index in [4.69, 9.17) is 4.42 Å². The lowest BCUT2D eigenvalue weighted by molar-refractivity contribution is 0.431. The summed E-state index contributed by atoms with van der Waals surface area (Å²) in [5.41, 5.74) is 3.05. The van der Waals surface area contributed by atoms with Crippen molar-refractivity contribution in [1.82, 2.24) is 0 Å². The molecular weight excluding hydrogens is 228 g/mol. The summed E-state index contributed by atoms with van der Waals surface area (Å²) in [5.74, 6) is 0.462. The second-order valence-corrected chi connectivity index (χ2v) is 4.61. The molecule has 3 heteroatoms. The highest BCUT2D eigenvalue weighted by molar-refractivity contribution is 5.73. The first-order chi connectivity index (χ1) is 8.41. The van der Waals surface area contributed by atoms with E-state index in [1.807, 2.05) is 32.0 Å². The molecule has 3 nitrogen and oxygen atoms in total. The van der Waals surface area contributed by atoms with E-state index in [-0.39, 0.29) is 11.3 Å². The van der Waals surface area contributed by atoms with Gasteiger partial charge in [-0.1, -0.05) is 23.8 Å². The SMILES string of the molecule is Cc1ccc(C)c(-c2c(O)c(C)c(C)oc2=O)c1. The van der Waals surface area contributed by atoms with Gasteiger partial charge in [-0.15, -0.1) is 0 Å². The standard InChI is InChI=1S/C15H16O3/c1-8-5-6-9(2)12(7-8)13-14(16)10(3)11(4)18-15(13)17/h5-7,16H,1-4H3. The van der Waals surface area contributed by atoms with Crippen LogP contribution < -0.4 is 5.63 Å². The van der Waals surface area contributed by atoms with Gasteiger partial charge in [0.15, 0.2) is 0 Å². The monoisotopic (exact) mass is 244 g/mol. The highest BCUT2D eigenvalue weighted by Gasteiger charge is 2.17. The molecule has 0 unspecified atom stereocenters. The average molecular weight is 244 g/mol. The summed E-state index contributed by atoms with van der Waals surface area (Å²) in [6.07, 6.45) is 0. The number of benzene rings is 1. The molecule has 94 valence electrons. The van der Waals surface area contributed by atoms with Crippen LogP contribution in [-0.2, 0) is 0 Å². The Morgan fingerprint density at radius 3 is 2.44 bits per heavy atom. The van der Waals surface area contributed by atoms with E-state index in [0.29, 0.717) is 11.3 Å². The lowest BCUT2D eigenvalue weighted by Gasteiger charge is -2.10. The van der Waals surface area contributed by atoms with Crippen LogP contribution in [0.2, 0.25) is 0 Å². The maximum absolute atomic E-state index is 12.0. The fourth-order valence-corrected chi connectivity index (χ4v) is 1.96. The van der Waals surface area contributed by atoms with E-state index in [9.17, 15) is 9.90 Å². The first-order valence-corrected chi connectivity index (χ1v) is 5.82. The van der Waals surface area contributed by atoms with Crippen molar-refractivity contribution in [3.05, 3.63) is 51.1 Å². The molecule has 0 aliphatic carbocycles. The molecule has 2 aromatic rings. The van der Waals surface area contributed by atoms with Crippen molar-refractivity contribution >= 4 is 0 Å². The van der Waals surface area contributed by atoms with Crippen LogP contribution in [0.5, 0.6) is 5.75 Å². The van der Waals surface area contributed by atoms with Gasteiger partial charge in [0.25, 0.3) is 0 Å². The van der Waals surface area contributed by atoms with Crippen LogP contribution in [0.1, 0.15) is 22.5 Å². The predicted octanol–water partition coefficient (Wildman–Crippen LogP) is 3.25. The van der Waals surface area contributed by atoms with Crippen LogP contribution in [-0.4, -0.2) is 5.11 Å². The van der Waals surface area contributed by atoms with E-state index < -0.39 is 5.63 Å². The van der Waals surface area contributed by atoms with Crippen molar-refractivity contribution in [2.75, 3.05) is 0 Å². The fraction of sp³-hybridized carbons (Fsp3) is 0.267. The van der Waals surface area contributed by atoms with Gasteiger partial charge in [0.1, 0.15) is 17.1 Å². The third-order valence-electron chi connectivity index (χ3n) is 3.23. The summed E-state index contributed by atoms with van der Waals surface area (Å²) in [5, 5.41) is 10.2. The summed E-state index contributed by atoms with van der Waals surface area (Å²) < 4.78 is 5.15. The summed E-state index contributed by atoms with van der Waals surface area (Å²) in [7, 11) is 0. The Kier molecular flexibility index (Phi) is 2.99. The van der Waals surface area contributed by atoms with Gasteiger partial charge in [-0.25, -0.2) is 4.79 Å². The van der Waals surface area contributed by atoms with Gasteiger partial charge >= 0.3 is 5.63 Å². The van der Waals surface area contributed by atoms with E-state index in [1.54, 1.807) is 13.8 Å². The van der Waals surface area contributed by atoms with E-state index in [2.05, 4.69) is 0 Å². The van der Waals surface area contributed by atoms with E-state index in [1.165, 1.54) is 0 Å². The number of hydrogen-bond donors (Lipinski definition) is 1. The highest BCUT2D eigenvalue weighted by atomic mass is 16.4. The van der Waals surface area contributed by atoms with Crippen LogP contribution in [0.15, 0.2) is 27.4 Å². The largest absolute Gasteiger partial charge is 0.507 e. The van der Waals surface area contributed by atoms with E-state index >= 15 is 0 Å².